The number of nitrogens with one attached hydrogen (secondary N) is 4. The number of anilines is 6. The second kappa shape index (κ2) is 14.6. The lowest BCUT2D eigenvalue weighted by atomic mass is 10.0. The summed E-state index contributed by atoms with van der Waals surface area (Å²) >= 11 is 6.50. The van der Waals surface area contributed by atoms with Crippen LogP contribution in [0.4, 0.5) is 34.5 Å². The molecule has 1 saturated heterocycles. The van der Waals surface area contributed by atoms with Crippen LogP contribution in [0.15, 0.2) is 42.9 Å². The normalized spacial score (nSPS) is 14.1. The molecule has 0 amide bonds. The Labute approximate surface area is 275 Å². The van der Waals surface area contributed by atoms with Gasteiger partial charge in [-0.2, -0.15) is 4.98 Å². The number of likely N-dealkylation sites (N-methyl/N-ethyl adjacent to an activating group) is 2. The highest BCUT2D eigenvalue weighted by molar-refractivity contribution is 7.92. The Morgan fingerprint density at radius 1 is 1.09 bits per heavy atom. The maximum absolute atomic E-state index is 12.2. The van der Waals surface area contributed by atoms with Gasteiger partial charge >= 0.3 is 0 Å². The smallest absolute Gasteiger partial charge is 0.229 e. The van der Waals surface area contributed by atoms with Gasteiger partial charge in [-0.05, 0) is 57.1 Å². The summed E-state index contributed by atoms with van der Waals surface area (Å²) in [5.74, 6) is 1.22. The topological polar surface area (TPSA) is 150 Å². The van der Waals surface area contributed by atoms with E-state index in [1.807, 2.05) is 7.05 Å². The molecule has 4 aromatic rings. The predicted octanol–water partition coefficient (Wildman–Crippen LogP) is 4.62. The third kappa shape index (κ3) is 7.86. The minimum absolute atomic E-state index is 0.232. The minimum atomic E-state index is -3.64. The van der Waals surface area contributed by atoms with E-state index in [0.29, 0.717) is 28.5 Å². The molecule has 1 fully saturated rings. The molecule has 1 aliphatic heterocycles. The number of nitrogens with zero attached hydrogens (tertiary/aromatic N) is 6. The molecule has 2 aromatic heterocycles. The van der Waals surface area contributed by atoms with Gasteiger partial charge in [-0.25, -0.2) is 13.4 Å². The zero-order valence-corrected chi connectivity index (χ0v) is 28.3. The third-order valence-electron chi connectivity index (χ3n) is 8.10. The van der Waals surface area contributed by atoms with Gasteiger partial charge in [0.05, 0.1) is 42.1 Å². The summed E-state index contributed by atoms with van der Waals surface area (Å²) < 4.78 is 32.8. The fourth-order valence-electron chi connectivity index (χ4n) is 5.67. The van der Waals surface area contributed by atoms with Gasteiger partial charge in [-0.15, -0.1) is 0 Å². The number of hydrogen-bond acceptors (Lipinski definition) is 12. The van der Waals surface area contributed by atoms with Crippen LogP contribution in [0.25, 0.3) is 11.0 Å². The second-order valence-electron chi connectivity index (χ2n) is 11.3. The number of fused-ring (bicyclic) bond motifs is 1. The van der Waals surface area contributed by atoms with Crippen LogP contribution in [0, 0.1) is 0 Å². The molecule has 0 saturated carbocycles. The maximum Gasteiger partial charge on any atom is 0.229 e. The Bertz CT molecular complexity index is 1780. The van der Waals surface area contributed by atoms with Crippen molar-refractivity contribution in [2.45, 2.75) is 32.2 Å². The zero-order chi connectivity index (χ0) is 32.8. The van der Waals surface area contributed by atoms with E-state index in [1.54, 1.807) is 19.2 Å². The van der Waals surface area contributed by atoms with Crippen LogP contribution in [0.1, 0.15) is 25.3 Å². The zero-order valence-electron chi connectivity index (χ0n) is 26.8. The van der Waals surface area contributed by atoms with Crippen molar-refractivity contribution in [2.75, 3.05) is 73.9 Å². The predicted molar refractivity (Wildman–Crippen MR) is 186 cm³/mol. The Morgan fingerprint density at radius 2 is 1.85 bits per heavy atom. The SMILES string of the molecule is CCc1cc(Nc2ncc(Cl)c(Nc3ccc4nccnc4c3NS(C)(=O)=O)n2)c(OC)cc1N1CCC(N(C)CCNC)CC1. The number of hydrogen-bond donors (Lipinski definition) is 4. The second-order valence-corrected chi connectivity index (χ2v) is 13.4. The highest BCUT2D eigenvalue weighted by Gasteiger charge is 2.25. The first-order valence-corrected chi connectivity index (χ1v) is 17.5. The first-order valence-electron chi connectivity index (χ1n) is 15.2. The Balaban J connectivity index is 1.39. The lowest BCUT2D eigenvalue weighted by molar-refractivity contribution is 0.209. The van der Waals surface area contributed by atoms with Crippen LogP contribution in [0.5, 0.6) is 5.75 Å². The fourth-order valence-corrected chi connectivity index (χ4v) is 6.38. The monoisotopic (exact) mass is 668 g/mol. The number of aryl methyl sites for hydroxylation is 1. The van der Waals surface area contributed by atoms with Crippen LogP contribution in [-0.2, 0) is 16.4 Å². The van der Waals surface area contributed by atoms with E-state index < -0.39 is 10.0 Å². The Kier molecular flexibility index (Phi) is 10.6. The molecule has 0 radical (unpaired) electrons. The number of benzene rings is 2. The van der Waals surface area contributed by atoms with Crippen molar-refractivity contribution in [3.63, 3.8) is 0 Å². The third-order valence-corrected chi connectivity index (χ3v) is 8.95. The van der Waals surface area contributed by atoms with Gasteiger partial charge in [-0.3, -0.25) is 14.7 Å². The van der Waals surface area contributed by atoms with Gasteiger partial charge in [0.1, 0.15) is 16.3 Å². The van der Waals surface area contributed by atoms with Crippen LogP contribution >= 0.6 is 11.6 Å². The highest BCUT2D eigenvalue weighted by Crippen LogP contribution is 2.38. The standard InChI is InChI=1S/C31H41ClN10O3S/c1-6-20-17-25(27(45-4)18-26(20)42-14-9-21(10-15-42)41(3)16-13-33-2)38-31-36-19-22(32)30(39-31)37-24-8-7-23-28(35-12-11-34-23)29(24)40-46(5,43)44/h7-8,11-12,17-19,21,33,40H,6,9-10,13-16H2,1-5H3,(H2,36,37,38,39). The maximum atomic E-state index is 12.2. The molecule has 3 heterocycles. The van der Waals surface area contributed by atoms with Crippen LogP contribution in [-0.4, -0.2) is 92.9 Å². The van der Waals surface area contributed by atoms with Gasteiger partial charge in [-0.1, -0.05) is 18.5 Å². The highest BCUT2D eigenvalue weighted by atomic mass is 35.5. The van der Waals surface area contributed by atoms with Crippen molar-refractivity contribution in [2.24, 2.45) is 0 Å². The van der Waals surface area contributed by atoms with Crippen molar-refractivity contribution in [3.8, 4) is 5.75 Å². The van der Waals surface area contributed by atoms with Crippen molar-refractivity contribution in [1.82, 2.24) is 30.2 Å². The van der Waals surface area contributed by atoms with E-state index in [0.717, 1.165) is 57.4 Å². The number of piperidine rings is 1. The number of rotatable bonds is 13. The van der Waals surface area contributed by atoms with Crippen molar-refractivity contribution in [1.29, 1.82) is 0 Å². The number of sulfonamides is 1. The van der Waals surface area contributed by atoms with Crippen LogP contribution < -0.4 is 30.3 Å². The summed E-state index contributed by atoms with van der Waals surface area (Å²) in [4.78, 5) is 22.5. The van der Waals surface area contributed by atoms with Crippen LogP contribution in [0.2, 0.25) is 5.02 Å². The van der Waals surface area contributed by atoms with E-state index in [-0.39, 0.29) is 22.5 Å². The number of ether oxygens (including phenoxy) is 1. The molecule has 0 atom stereocenters. The average molecular weight is 669 g/mol. The minimum Gasteiger partial charge on any atom is -0.494 e. The van der Waals surface area contributed by atoms with Crippen molar-refractivity contribution < 1.29 is 13.2 Å². The van der Waals surface area contributed by atoms with Gasteiger partial charge < -0.3 is 30.5 Å². The number of methoxy groups -OCH3 is 1. The molecule has 0 unspecified atom stereocenters. The lowest BCUT2D eigenvalue weighted by Gasteiger charge is -2.38. The van der Waals surface area contributed by atoms with Crippen molar-refractivity contribution in [3.05, 3.63) is 53.4 Å². The molecule has 2 aromatic carbocycles. The van der Waals surface area contributed by atoms with Crippen molar-refractivity contribution >= 4 is 67.2 Å². The Morgan fingerprint density at radius 3 is 2.54 bits per heavy atom. The molecule has 4 N–H and O–H groups in total. The molecule has 0 spiro atoms. The van der Waals surface area contributed by atoms with Gasteiger partial charge in [0, 0.05) is 56.4 Å². The van der Waals surface area contributed by atoms with E-state index in [9.17, 15) is 8.42 Å². The summed E-state index contributed by atoms with van der Waals surface area (Å²) in [5.41, 5.74) is 4.62. The quantitative estimate of drug-likeness (QED) is 0.157. The summed E-state index contributed by atoms with van der Waals surface area (Å²) in [5, 5.41) is 9.92. The molecular formula is C31H41ClN10O3S. The van der Waals surface area contributed by atoms with Crippen LogP contribution in [0.3, 0.4) is 0 Å². The lowest BCUT2D eigenvalue weighted by Crippen LogP contribution is -2.45. The molecule has 246 valence electrons. The van der Waals surface area contributed by atoms with Gasteiger partial charge in [0.25, 0.3) is 0 Å². The summed E-state index contributed by atoms with van der Waals surface area (Å²) in [6, 6.07) is 8.16. The molecule has 15 heteroatoms. The van der Waals surface area contributed by atoms with Gasteiger partial charge in [0.2, 0.25) is 16.0 Å². The van der Waals surface area contributed by atoms with E-state index in [2.05, 4.69) is 76.5 Å². The first-order chi connectivity index (χ1) is 22.1. The van der Waals surface area contributed by atoms with E-state index in [1.165, 1.54) is 29.8 Å². The molecule has 5 rings (SSSR count). The molecule has 1 aliphatic rings. The number of aromatic nitrogens is 4. The molecule has 0 bridgehead atoms. The molecule has 46 heavy (non-hydrogen) atoms. The van der Waals surface area contributed by atoms with E-state index in [4.69, 9.17) is 16.3 Å². The molecule has 13 nitrogen and oxygen atoms in total. The number of halogens is 1. The summed E-state index contributed by atoms with van der Waals surface area (Å²) in [7, 11) is 2.21. The summed E-state index contributed by atoms with van der Waals surface area (Å²) in [6.45, 7) is 6.11. The molecular weight excluding hydrogens is 628 g/mol. The fraction of sp³-hybridized carbons (Fsp3) is 0.419. The Hall–Kier alpha value is -3.98. The van der Waals surface area contributed by atoms with Gasteiger partial charge in [0.15, 0.2) is 5.82 Å². The largest absolute Gasteiger partial charge is 0.494 e. The average Bonchev–Trinajstić information content (AvgIpc) is 3.05. The van der Waals surface area contributed by atoms with E-state index >= 15 is 0 Å². The first kappa shape index (κ1) is 33.4. The summed E-state index contributed by atoms with van der Waals surface area (Å²) in [6.07, 6.45) is 8.63. The molecule has 0 aliphatic carbocycles.